The molecular formula is C28H30N2O5. The molecule has 0 saturated carbocycles. The zero-order valence-corrected chi connectivity index (χ0v) is 20.2. The summed E-state index contributed by atoms with van der Waals surface area (Å²) in [6, 6.07) is 19.1. The van der Waals surface area contributed by atoms with Gasteiger partial charge in [-0.25, -0.2) is 4.79 Å². The number of carbonyl (C=O) groups excluding carboxylic acids is 3. The first kappa shape index (κ1) is 25.5. The minimum atomic E-state index is -0.411. The van der Waals surface area contributed by atoms with Crippen molar-refractivity contribution in [2.24, 2.45) is 0 Å². The molecule has 0 spiro atoms. The first-order valence-electron chi connectivity index (χ1n) is 11.7. The first-order valence-corrected chi connectivity index (χ1v) is 11.7. The average Bonchev–Trinajstić information content (AvgIpc) is 2.88. The molecule has 2 N–H and O–H groups in total. The summed E-state index contributed by atoms with van der Waals surface area (Å²) in [6.07, 6.45) is 1.65. The minimum absolute atomic E-state index is 0.198. The van der Waals surface area contributed by atoms with Crippen LogP contribution in [0.3, 0.4) is 0 Å². The van der Waals surface area contributed by atoms with E-state index >= 15 is 0 Å². The van der Waals surface area contributed by atoms with E-state index in [4.69, 9.17) is 9.47 Å². The molecule has 7 heteroatoms. The van der Waals surface area contributed by atoms with Gasteiger partial charge in [-0.1, -0.05) is 32.0 Å². The van der Waals surface area contributed by atoms with E-state index in [-0.39, 0.29) is 18.4 Å². The molecule has 0 radical (unpaired) electrons. The summed E-state index contributed by atoms with van der Waals surface area (Å²) in [4.78, 5) is 36.7. The largest absolute Gasteiger partial charge is 0.484 e. The van der Waals surface area contributed by atoms with Gasteiger partial charge < -0.3 is 20.1 Å². The number of hydrogen-bond donors (Lipinski definition) is 2. The van der Waals surface area contributed by atoms with Crippen LogP contribution in [0.1, 0.15) is 52.6 Å². The van der Waals surface area contributed by atoms with Crippen molar-refractivity contribution < 1.29 is 23.9 Å². The second-order valence-electron chi connectivity index (χ2n) is 7.77. The van der Waals surface area contributed by atoms with Gasteiger partial charge in [-0.2, -0.15) is 0 Å². The molecule has 7 nitrogen and oxygen atoms in total. The van der Waals surface area contributed by atoms with Crippen LogP contribution in [0.2, 0.25) is 0 Å². The summed E-state index contributed by atoms with van der Waals surface area (Å²) < 4.78 is 10.5. The van der Waals surface area contributed by atoms with Gasteiger partial charge in [0.2, 0.25) is 0 Å². The Morgan fingerprint density at radius 1 is 0.743 bits per heavy atom. The second kappa shape index (κ2) is 12.4. The number of nitrogens with one attached hydrogen (secondary N) is 2. The fraction of sp³-hybridized carbons (Fsp3) is 0.250. The van der Waals surface area contributed by atoms with Gasteiger partial charge in [0.05, 0.1) is 12.2 Å². The van der Waals surface area contributed by atoms with Crippen molar-refractivity contribution in [1.82, 2.24) is 0 Å². The molecule has 0 unspecified atom stereocenters. The van der Waals surface area contributed by atoms with Gasteiger partial charge >= 0.3 is 5.97 Å². The smallest absolute Gasteiger partial charge is 0.338 e. The summed E-state index contributed by atoms with van der Waals surface area (Å²) in [6.45, 7) is 5.96. The predicted octanol–water partition coefficient (Wildman–Crippen LogP) is 5.26. The molecule has 3 aromatic carbocycles. The number of esters is 1. The van der Waals surface area contributed by atoms with Crippen molar-refractivity contribution in [3.8, 4) is 5.75 Å². The molecule has 0 aliphatic rings. The van der Waals surface area contributed by atoms with Crippen LogP contribution in [0.25, 0.3) is 0 Å². The Bertz CT molecular complexity index is 1150. The van der Waals surface area contributed by atoms with Crippen LogP contribution in [0, 0.1) is 0 Å². The van der Waals surface area contributed by atoms with Gasteiger partial charge in [0.25, 0.3) is 11.8 Å². The van der Waals surface area contributed by atoms with Gasteiger partial charge in [0.1, 0.15) is 5.75 Å². The third kappa shape index (κ3) is 6.93. The Kier molecular flexibility index (Phi) is 9.01. The summed E-state index contributed by atoms with van der Waals surface area (Å²) >= 11 is 0. The summed E-state index contributed by atoms with van der Waals surface area (Å²) in [5.74, 6) is -0.487. The van der Waals surface area contributed by atoms with E-state index in [0.717, 1.165) is 29.7 Å². The number of anilines is 2. The van der Waals surface area contributed by atoms with Crippen LogP contribution in [0.15, 0.2) is 66.7 Å². The van der Waals surface area contributed by atoms with Crippen LogP contribution in [-0.2, 0) is 22.4 Å². The minimum Gasteiger partial charge on any atom is -0.484 e. The highest BCUT2D eigenvalue weighted by molar-refractivity contribution is 6.05. The zero-order chi connectivity index (χ0) is 25.2. The number of rotatable bonds is 10. The standard InChI is InChI=1S/C28H30N2O5/c1-4-19-8-7-9-20(5-2)26(19)30-27(32)21-12-16-24(17-13-21)35-18-25(31)29-23-14-10-22(11-15-23)28(33)34-6-3/h7-17H,4-6,18H2,1-3H3,(H,29,31)(H,30,32). The van der Waals surface area contributed by atoms with Gasteiger partial charge in [-0.3, -0.25) is 9.59 Å². The highest BCUT2D eigenvalue weighted by Gasteiger charge is 2.12. The lowest BCUT2D eigenvalue weighted by Gasteiger charge is -2.14. The monoisotopic (exact) mass is 474 g/mol. The van der Waals surface area contributed by atoms with Crippen molar-refractivity contribution in [1.29, 1.82) is 0 Å². The molecule has 0 aliphatic carbocycles. The van der Waals surface area contributed by atoms with Crippen LogP contribution >= 0.6 is 0 Å². The molecule has 0 atom stereocenters. The Morgan fingerprint density at radius 3 is 1.91 bits per heavy atom. The maximum atomic E-state index is 12.8. The van der Waals surface area contributed by atoms with Crippen LogP contribution < -0.4 is 15.4 Å². The van der Waals surface area contributed by atoms with Gasteiger partial charge in [0, 0.05) is 16.9 Å². The maximum absolute atomic E-state index is 12.8. The van der Waals surface area contributed by atoms with Crippen LogP contribution in [0.4, 0.5) is 11.4 Å². The van der Waals surface area contributed by atoms with Crippen LogP contribution in [-0.4, -0.2) is 31.0 Å². The highest BCUT2D eigenvalue weighted by atomic mass is 16.5. The third-order valence-electron chi connectivity index (χ3n) is 5.40. The van der Waals surface area contributed by atoms with Crippen molar-refractivity contribution in [2.45, 2.75) is 33.6 Å². The molecule has 35 heavy (non-hydrogen) atoms. The Labute approximate surface area is 205 Å². The topological polar surface area (TPSA) is 93.7 Å². The zero-order valence-electron chi connectivity index (χ0n) is 20.2. The molecule has 0 bridgehead atoms. The number of hydrogen-bond acceptors (Lipinski definition) is 5. The van der Waals surface area contributed by atoms with E-state index in [1.54, 1.807) is 55.5 Å². The van der Waals surface area contributed by atoms with E-state index in [2.05, 4.69) is 24.5 Å². The maximum Gasteiger partial charge on any atom is 0.338 e. The number of carbonyl (C=O) groups is 3. The fourth-order valence-electron chi connectivity index (χ4n) is 3.54. The van der Waals surface area contributed by atoms with Crippen molar-refractivity contribution >= 4 is 29.2 Å². The summed E-state index contributed by atoms with van der Waals surface area (Å²) in [5.41, 5.74) is 4.51. The number of ether oxygens (including phenoxy) is 2. The van der Waals surface area contributed by atoms with Gasteiger partial charge in [-0.05, 0) is 79.4 Å². The molecule has 0 aliphatic heterocycles. The van der Waals surface area contributed by atoms with Crippen molar-refractivity contribution in [2.75, 3.05) is 23.8 Å². The number of amides is 2. The van der Waals surface area contributed by atoms with Gasteiger partial charge in [-0.15, -0.1) is 0 Å². The predicted molar refractivity (Wildman–Crippen MR) is 136 cm³/mol. The Hall–Kier alpha value is -4.13. The second-order valence-corrected chi connectivity index (χ2v) is 7.77. The lowest BCUT2D eigenvalue weighted by atomic mass is 10.0. The van der Waals surface area contributed by atoms with E-state index < -0.39 is 5.97 Å². The number of aryl methyl sites for hydroxylation is 2. The number of benzene rings is 3. The summed E-state index contributed by atoms with van der Waals surface area (Å²) in [7, 11) is 0. The molecule has 0 saturated heterocycles. The molecule has 0 fully saturated rings. The van der Waals surface area contributed by atoms with E-state index in [0.29, 0.717) is 29.2 Å². The molecule has 0 heterocycles. The van der Waals surface area contributed by atoms with Crippen molar-refractivity contribution in [3.05, 3.63) is 89.0 Å². The molecule has 3 rings (SSSR count). The summed E-state index contributed by atoms with van der Waals surface area (Å²) in [5, 5.41) is 5.75. The van der Waals surface area contributed by atoms with E-state index in [1.807, 2.05) is 18.2 Å². The van der Waals surface area contributed by atoms with E-state index in [9.17, 15) is 14.4 Å². The lowest BCUT2D eigenvalue weighted by molar-refractivity contribution is -0.118. The molecule has 0 aromatic heterocycles. The quantitative estimate of drug-likeness (QED) is 0.391. The fourth-order valence-corrected chi connectivity index (χ4v) is 3.54. The van der Waals surface area contributed by atoms with Gasteiger partial charge in [0.15, 0.2) is 6.61 Å². The normalized spacial score (nSPS) is 10.4. The Morgan fingerprint density at radius 2 is 1.34 bits per heavy atom. The van der Waals surface area contributed by atoms with Crippen LogP contribution in [0.5, 0.6) is 5.75 Å². The first-order chi connectivity index (χ1) is 16.9. The van der Waals surface area contributed by atoms with E-state index in [1.165, 1.54) is 0 Å². The molecular weight excluding hydrogens is 444 g/mol. The molecule has 3 aromatic rings. The van der Waals surface area contributed by atoms with Crippen molar-refractivity contribution in [3.63, 3.8) is 0 Å². The average molecular weight is 475 g/mol. The highest BCUT2D eigenvalue weighted by Crippen LogP contribution is 2.24. The molecule has 182 valence electrons. The molecule has 2 amide bonds. The third-order valence-corrected chi connectivity index (χ3v) is 5.40. The Balaban J connectivity index is 1.54. The lowest BCUT2D eigenvalue weighted by Crippen LogP contribution is -2.20. The SMILES string of the molecule is CCOC(=O)c1ccc(NC(=O)COc2ccc(C(=O)Nc3c(CC)cccc3CC)cc2)cc1. The number of para-hydroxylation sites is 1.